The van der Waals surface area contributed by atoms with Crippen LogP contribution in [0.2, 0.25) is 0 Å². The molecule has 1 aliphatic rings. The standard InChI is InChI=1S/C14H13FN2O2S/c15-11-4-2-1-3-10(11)13-16-12(8-20-13)14(19)17-6-5-9(18)7-17/h1-4,8-9,18H,5-7H2/t9-/m0/s1. The first-order valence-corrected chi connectivity index (χ1v) is 7.21. The summed E-state index contributed by atoms with van der Waals surface area (Å²) >= 11 is 1.24. The van der Waals surface area contributed by atoms with Crippen molar-refractivity contribution in [2.24, 2.45) is 0 Å². The van der Waals surface area contributed by atoms with Gasteiger partial charge in [0, 0.05) is 24.0 Å². The second-order valence-electron chi connectivity index (χ2n) is 4.71. The van der Waals surface area contributed by atoms with Crippen molar-refractivity contribution in [3.63, 3.8) is 0 Å². The Hall–Kier alpha value is -1.79. The molecule has 1 aromatic heterocycles. The first kappa shape index (κ1) is 13.2. The molecule has 1 fully saturated rings. The average molecular weight is 292 g/mol. The van der Waals surface area contributed by atoms with Crippen molar-refractivity contribution in [1.82, 2.24) is 9.88 Å². The first-order valence-electron chi connectivity index (χ1n) is 6.33. The fraction of sp³-hybridized carbons (Fsp3) is 0.286. The molecule has 0 saturated carbocycles. The number of β-amino-alcohol motifs (C(OH)–C–C–N with tert-alkyl or cyclic N) is 1. The van der Waals surface area contributed by atoms with Crippen molar-refractivity contribution in [3.05, 3.63) is 41.2 Å². The summed E-state index contributed by atoms with van der Waals surface area (Å²) in [6.45, 7) is 0.873. The number of carbonyl (C=O) groups excluding carboxylic acids is 1. The second-order valence-corrected chi connectivity index (χ2v) is 5.57. The van der Waals surface area contributed by atoms with Crippen LogP contribution < -0.4 is 0 Å². The van der Waals surface area contributed by atoms with E-state index in [1.165, 1.54) is 17.4 Å². The smallest absolute Gasteiger partial charge is 0.273 e. The summed E-state index contributed by atoms with van der Waals surface area (Å²) in [6.07, 6.45) is 0.138. The van der Waals surface area contributed by atoms with Gasteiger partial charge in [0.15, 0.2) is 0 Å². The van der Waals surface area contributed by atoms with Crippen LogP contribution in [0.3, 0.4) is 0 Å². The SMILES string of the molecule is O=C(c1csc(-c2ccccc2F)n1)N1CC[C@H](O)C1. The third kappa shape index (κ3) is 2.44. The van der Waals surface area contributed by atoms with Crippen LogP contribution in [-0.4, -0.2) is 40.1 Å². The Bertz CT molecular complexity index is 644. The molecule has 4 nitrogen and oxygen atoms in total. The van der Waals surface area contributed by atoms with Crippen molar-refractivity contribution in [2.75, 3.05) is 13.1 Å². The number of aromatic nitrogens is 1. The maximum atomic E-state index is 13.7. The van der Waals surface area contributed by atoms with Gasteiger partial charge in [0.05, 0.1) is 6.10 Å². The highest BCUT2D eigenvalue weighted by Crippen LogP contribution is 2.27. The number of hydrogen-bond acceptors (Lipinski definition) is 4. The van der Waals surface area contributed by atoms with E-state index in [1.54, 1.807) is 28.5 Å². The van der Waals surface area contributed by atoms with Gasteiger partial charge in [-0.2, -0.15) is 0 Å². The van der Waals surface area contributed by atoms with Crippen molar-refractivity contribution in [3.8, 4) is 10.6 Å². The molecular formula is C14H13FN2O2S. The zero-order chi connectivity index (χ0) is 14.1. The van der Waals surface area contributed by atoms with Crippen LogP contribution in [-0.2, 0) is 0 Å². The fourth-order valence-corrected chi connectivity index (χ4v) is 3.04. The number of rotatable bonds is 2. The van der Waals surface area contributed by atoms with E-state index in [2.05, 4.69) is 4.98 Å². The summed E-state index contributed by atoms with van der Waals surface area (Å²) < 4.78 is 13.7. The van der Waals surface area contributed by atoms with Crippen molar-refractivity contribution >= 4 is 17.2 Å². The van der Waals surface area contributed by atoms with Gasteiger partial charge >= 0.3 is 0 Å². The van der Waals surface area contributed by atoms with Crippen LogP contribution in [0.5, 0.6) is 0 Å². The van der Waals surface area contributed by atoms with E-state index in [1.807, 2.05) is 0 Å². The molecule has 20 heavy (non-hydrogen) atoms. The lowest BCUT2D eigenvalue weighted by Crippen LogP contribution is -2.29. The van der Waals surface area contributed by atoms with Crippen LogP contribution in [0.25, 0.3) is 10.6 Å². The molecule has 1 aliphatic heterocycles. The van der Waals surface area contributed by atoms with Crippen LogP contribution in [0.4, 0.5) is 4.39 Å². The first-order chi connectivity index (χ1) is 9.65. The maximum Gasteiger partial charge on any atom is 0.273 e. The molecule has 0 spiro atoms. The summed E-state index contributed by atoms with van der Waals surface area (Å²) in [5, 5.41) is 11.6. The van der Waals surface area contributed by atoms with Gasteiger partial charge in [-0.1, -0.05) is 12.1 Å². The van der Waals surface area contributed by atoms with Crippen LogP contribution in [0.15, 0.2) is 29.6 Å². The highest BCUT2D eigenvalue weighted by Gasteiger charge is 2.27. The lowest BCUT2D eigenvalue weighted by Gasteiger charge is -2.13. The Morgan fingerprint density at radius 3 is 2.95 bits per heavy atom. The monoisotopic (exact) mass is 292 g/mol. The highest BCUT2D eigenvalue weighted by molar-refractivity contribution is 7.13. The highest BCUT2D eigenvalue weighted by atomic mass is 32.1. The predicted octanol–water partition coefficient (Wildman–Crippen LogP) is 2.16. The largest absolute Gasteiger partial charge is 0.391 e. The molecule has 104 valence electrons. The van der Waals surface area contributed by atoms with Crippen LogP contribution in [0, 0.1) is 5.82 Å². The van der Waals surface area contributed by atoms with E-state index in [0.717, 1.165) is 0 Å². The summed E-state index contributed by atoms with van der Waals surface area (Å²) in [5.74, 6) is -0.558. The molecule has 0 radical (unpaired) electrons. The number of aliphatic hydroxyl groups excluding tert-OH is 1. The Morgan fingerprint density at radius 2 is 2.25 bits per heavy atom. The number of benzene rings is 1. The summed E-state index contributed by atoms with van der Waals surface area (Å²) in [7, 11) is 0. The van der Waals surface area contributed by atoms with Gasteiger partial charge in [-0.05, 0) is 18.6 Å². The molecule has 0 bridgehead atoms. The van der Waals surface area contributed by atoms with Gasteiger partial charge in [-0.3, -0.25) is 4.79 Å². The quantitative estimate of drug-likeness (QED) is 0.923. The normalized spacial score (nSPS) is 18.5. The maximum absolute atomic E-state index is 13.7. The minimum atomic E-state index is -0.455. The Labute approximate surface area is 119 Å². The van der Waals surface area contributed by atoms with Gasteiger partial charge < -0.3 is 10.0 Å². The average Bonchev–Trinajstić information content (AvgIpc) is 3.07. The number of hydrogen-bond donors (Lipinski definition) is 1. The van der Waals surface area contributed by atoms with E-state index in [9.17, 15) is 14.3 Å². The van der Waals surface area contributed by atoms with Gasteiger partial charge in [-0.15, -0.1) is 11.3 Å². The van der Waals surface area contributed by atoms with Gasteiger partial charge in [0.1, 0.15) is 16.5 Å². The number of aliphatic hydroxyl groups is 1. The molecule has 1 aromatic carbocycles. The molecule has 6 heteroatoms. The summed E-state index contributed by atoms with van der Waals surface area (Å²) in [4.78, 5) is 18.0. The molecule has 0 unspecified atom stereocenters. The van der Waals surface area contributed by atoms with Gasteiger partial charge in [-0.25, -0.2) is 9.37 Å². The van der Waals surface area contributed by atoms with E-state index in [0.29, 0.717) is 35.8 Å². The number of amides is 1. The molecular weight excluding hydrogens is 279 g/mol. The summed E-state index contributed by atoms with van der Waals surface area (Å²) in [6, 6.07) is 6.36. The van der Waals surface area contributed by atoms with E-state index >= 15 is 0 Å². The number of thiazole rings is 1. The molecule has 3 rings (SSSR count). The molecule has 1 N–H and O–H groups in total. The number of likely N-dealkylation sites (tertiary alicyclic amines) is 1. The second kappa shape index (κ2) is 5.30. The minimum absolute atomic E-state index is 0.208. The van der Waals surface area contributed by atoms with Gasteiger partial charge in [0.2, 0.25) is 0 Å². The third-order valence-corrected chi connectivity index (χ3v) is 4.15. The van der Waals surface area contributed by atoms with Gasteiger partial charge in [0.25, 0.3) is 5.91 Å². The zero-order valence-corrected chi connectivity index (χ0v) is 11.4. The van der Waals surface area contributed by atoms with Crippen molar-refractivity contribution in [2.45, 2.75) is 12.5 Å². The number of nitrogens with zero attached hydrogens (tertiary/aromatic N) is 2. The van der Waals surface area contributed by atoms with Crippen LogP contribution in [0.1, 0.15) is 16.9 Å². The van der Waals surface area contributed by atoms with E-state index < -0.39 is 6.10 Å². The Kier molecular flexibility index (Phi) is 3.50. The number of carbonyl (C=O) groups is 1. The molecule has 1 saturated heterocycles. The molecule has 0 aliphatic carbocycles. The zero-order valence-electron chi connectivity index (χ0n) is 10.6. The lowest BCUT2D eigenvalue weighted by molar-refractivity contribution is 0.0760. The molecule has 2 heterocycles. The van der Waals surface area contributed by atoms with E-state index in [4.69, 9.17) is 0 Å². The van der Waals surface area contributed by atoms with Crippen molar-refractivity contribution < 1.29 is 14.3 Å². The topological polar surface area (TPSA) is 53.4 Å². The number of halogens is 1. The van der Waals surface area contributed by atoms with Crippen LogP contribution >= 0.6 is 11.3 Å². The van der Waals surface area contributed by atoms with E-state index in [-0.39, 0.29) is 11.7 Å². The fourth-order valence-electron chi connectivity index (χ4n) is 2.22. The molecule has 1 atom stereocenters. The molecule has 2 aromatic rings. The summed E-state index contributed by atoms with van der Waals surface area (Å²) in [5.41, 5.74) is 0.709. The minimum Gasteiger partial charge on any atom is -0.391 e. The Morgan fingerprint density at radius 1 is 1.45 bits per heavy atom. The predicted molar refractivity (Wildman–Crippen MR) is 74.0 cm³/mol. The van der Waals surface area contributed by atoms with Crippen molar-refractivity contribution in [1.29, 1.82) is 0 Å². The Balaban J connectivity index is 1.84. The lowest BCUT2D eigenvalue weighted by atomic mass is 10.2. The molecule has 1 amide bonds. The third-order valence-electron chi connectivity index (χ3n) is 3.28.